The Kier molecular flexibility index (Phi) is 9.91. The Morgan fingerprint density at radius 3 is 2.65 bits per heavy atom. The highest BCUT2D eigenvalue weighted by atomic mass is 127. The number of halogens is 1. The van der Waals surface area contributed by atoms with E-state index in [1.54, 1.807) is 0 Å². The predicted octanol–water partition coefficient (Wildman–Crippen LogP) is 2.27. The number of ether oxygens (including phenoxy) is 1. The van der Waals surface area contributed by atoms with Crippen molar-refractivity contribution in [3.63, 3.8) is 0 Å². The first-order valence-electron chi connectivity index (χ1n) is 6.36. The average molecular weight is 355 g/mol. The van der Waals surface area contributed by atoms with E-state index >= 15 is 0 Å². The summed E-state index contributed by atoms with van der Waals surface area (Å²) in [4.78, 5) is 4.23. The molecule has 1 rings (SSSR count). The van der Waals surface area contributed by atoms with Crippen molar-refractivity contribution in [3.8, 4) is 0 Å². The molecule has 0 aliphatic heterocycles. The van der Waals surface area contributed by atoms with Gasteiger partial charge in [-0.1, -0.05) is 12.8 Å². The molecule has 4 nitrogen and oxygen atoms in total. The largest absolute Gasteiger partial charge is 0.378 e. The molecule has 3 N–H and O–H groups in total. The molecule has 0 unspecified atom stereocenters. The maximum atomic E-state index is 5.74. The van der Waals surface area contributed by atoms with Gasteiger partial charge >= 0.3 is 0 Å². The molecule has 102 valence electrons. The van der Waals surface area contributed by atoms with Crippen LogP contribution in [-0.4, -0.2) is 31.3 Å². The first kappa shape index (κ1) is 17.0. The molecule has 0 aromatic carbocycles. The minimum atomic E-state index is 0. The molecule has 0 bridgehead atoms. The van der Waals surface area contributed by atoms with Crippen LogP contribution in [0.2, 0.25) is 0 Å². The third-order valence-corrected chi connectivity index (χ3v) is 2.68. The van der Waals surface area contributed by atoms with Gasteiger partial charge in [-0.15, -0.1) is 24.0 Å². The Morgan fingerprint density at radius 2 is 2.06 bits per heavy atom. The molecule has 0 heterocycles. The molecule has 1 saturated carbocycles. The van der Waals surface area contributed by atoms with Gasteiger partial charge in [0.05, 0.1) is 6.10 Å². The van der Waals surface area contributed by atoms with E-state index in [0.717, 1.165) is 19.6 Å². The number of aliphatic imine (C=N–C) groups is 1. The van der Waals surface area contributed by atoms with Crippen molar-refractivity contribution in [2.45, 2.75) is 58.1 Å². The molecule has 17 heavy (non-hydrogen) atoms. The lowest BCUT2D eigenvalue weighted by Crippen LogP contribution is -2.36. The lowest BCUT2D eigenvalue weighted by Gasteiger charge is -2.10. The minimum Gasteiger partial charge on any atom is -0.378 e. The van der Waals surface area contributed by atoms with Gasteiger partial charge in [0, 0.05) is 19.2 Å². The second-order valence-corrected chi connectivity index (χ2v) is 4.70. The molecule has 0 amide bonds. The summed E-state index contributed by atoms with van der Waals surface area (Å²) < 4.78 is 5.74. The fraction of sp³-hybridized carbons (Fsp3) is 0.917. The smallest absolute Gasteiger partial charge is 0.188 e. The van der Waals surface area contributed by atoms with Crippen molar-refractivity contribution in [1.82, 2.24) is 5.32 Å². The number of rotatable bonds is 6. The number of nitrogens with zero attached hydrogens (tertiary/aromatic N) is 1. The van der Waals surface area contributed by atoms with Crippen LogP contribution in [0.5, 0.6) is 0 Å². The maximum absolute atomic E-state index is 5.74. The summed E-state index contributed by atoms with van der Waals surface area (Å²) in [6.45, 7) is 5.65. The summed E-state index contributed by atoms with van der Waals surface area (Å²) in [6.07, 6.45) is 6.59. The fourth-order valence-electron chi connectivity index (χ4n) is 1.91. The van der Waals surface area contributed by atoms with Gasteiger partial charge in [-0.05, 0) is 33.1 Å². The summed E-state index contributed by atoms with van der Waals surface area (Å²) in [5.41, 5.74) is 5.68. The molecular weight excluding hydrogens is 329 g/mol. The third-order valence-electron chi connectivity index (χ3n) is 2.68. The Hall–Kier alpha value is -0.0400. The lowest BCUT2D eigenvalue weighted by atomic mass is 10.3. The zero-order valence-electron chi connectivity index (χ0n) is 10.9. The van der Waals surface area contributed by atoms with Crippen LogP contribution in [0.4, 0.5) is 0 Å². The Bertz CT molecular complexity index is 216. The highest BCUT2D eigenvalue weighted by Crippen LogP contribution is 2.20. The van der Waals surface area contributed by atoms with Crippen molar-refractivity contribution in [2.75, 3.05) is 13.2 Å². The number of hydrogen-bond acceptors (Lipinski definition) is 2. The summed E-state index contributed by atoms with van der Waals surface area (Å²) in [5, 5.41) is 3.06. The summed E-state index contributed by atoms with van der Waals surface area (Å²) >= 11 is 0. The van der Waals surface area contributed by atoms with E-state index in [0.29, 0.717) is 18.1 Å². The van der Waals surface area contributed by atoms with E-state index in [4.69, 9.17) is 10.5 Å². The highest BCUT2D eigenvalue weighted by molar-refractivity contribution is 14.0. The van der Waals surface area contributed by atoms with Crippen LogP contribution < -0.4 is 11.1 Å². The zero-order chi connectivity index (χ0) is 11.8. The van der Waals surface area contributed by atoms with Crippen LogP contribution in [0.3, 0.4) is 0 Å². The number of guanidine groups is 1. The summed E-state index contributed by atoms with van der Waals surface area (Å²) in [5.74, 6) is 0.538. The standard InChI is InChI=1S/C12H25N3O.HI/c1-10(2)15-12(13)14-8-5-9-16-11-6-3-4-7-11;/h10-11H,3-9H2,1-2H3,(H3,13,14,15);1H. The van der Waals surface area contributed by atoms with Gasteiger partial charge in [-0.25, -0.2) is 0 Å². The zero-order valence-corrected chi connectivity index (χ0v) is 13.3. The van der Waals surface area contributed by atoms with E-state index in [1.807, 2.05) is 13.8 Å². The van der Waals surface area contributed by atoms with Gasteiger partial charge in [0.25, 0.3) is 0 Å². The normalized spacial score (nSPS) is 17.2. The van der Waals surface area contributed by atoms with Crippen molar-refractivity contribution in [2.24, 2.45) is 10.7 Å². The van der Waals surface area contributed by atoms with Crippen LogP contribution in [0.1, 0.15) is 46.0 Å². The van der Waals surface area contributed by atoms with E-state index < -0.39 is 0 Å². The molecule has 1 fully saturated rings. The maximum Gasteiger partial charge on any atom is 0.188 e. The second-order valence-electron chi connectivity index (χ2n) is 4.70. The van der Waals surface area contributed by atoms with Gasteiger partial charge in [0.2, 0.25) is 0 Å². The second kappa shape index (κ2) is 9.94. The molecule has 0 saturated heterocycles. The monoisotopic (exact) mass is 355 g/mol. The molecule has 1 aliphatic carbocycles. The van der Waals surface area contributed by atoms with Crippen LogP contribution >= 0.6 is 24.0 Å². The van der Waals surface area contributed by atoms with Gasteiger partial charge < -0.3 is 15.8 Å². The van der Waals surface area contributed by atoms with Crippen molar-refractivity contribution in [3.05, 3.63) is 0 Å². The highest BCUT2D eigenvalue weighted by Gasteiger charge is 2.14. The molecule has 0 aromatic heterocycles. The predicted molar refractivity (Wildman–Crippen MR) is 83.0 cm³/mol. The van der Waals surface area contributed by atoms with Gasteiger partial charge in [-0.3, -0.25) is 4.99 Å². The van der Waals surface area contributed by atoms with Gasteiger partial charge in [0.15, 0.2) is 5.96 Å². The SMILES string of the molecule is CC(C)NC(N)=NCCCOC1CCCC1.I. The first-order chi connectivity index (χ1) is 7.68. The van der Waals surface area contributed by atoms with E-state index in [1.165, 1.54) is 25.7 Å². The first-order valence-corrected chi connectivity index (χ1v) is 6.36. The fourth-order valence-corrected chi connectivity index (χ4v) is 1.91. The molecule has 0 spiro atoms. The summed E-state index contributed by atoms with van der Waals surface area (Å²) in [7, 11) is 0. The van der Waals surface area contributed by atoms with E-state index in [-0.39, 0.29) is 24.0 Å². The quantitative estimate of drug-likeness (QED) is 0.333. The molecule has 5 heteroatoms. The molecular formula is C12H26IN3O. The van der Waals surface area contributed by atoms with Crippen LogP contribution in [0.15, 0.2) is 4.99 Å². The minimum absolute atomic E-state index is 0. The topological polar surface area (TPSA) is 59.6 Å². The molecule has 0 radical (unpaired) electrons. The van der Waals surface area contributed by atoms with Crippen LogP contribution in [0, 0.1) is 0 Å². The van der Waals surface area contributed by atoms with Crippen LogP contribution in [0.25, 0.3) is 0 Å². The van der Waals surface area contributed by atoms with E-state index in [9.17, 15) is 0 Å². The van der Waals surface area contributed by atoms with Gasteiger partial charge in [-0.2, -0.15) is 0 Å². The van der Waals surface area contributed by atoms with Crippen LogP contribution in [-0.2, 0) is 4.74 Å². The third kappa shape index (κ3) is 8.65. The number of nitrogens with two attached hydrogens (primary N) is 1. The molecule has 0 atom stereocenters. The van der Waals surface area contributed by atoms with Crippen molar-refractivity contribution < 1.29 is 4.74 Å². The van der Waals surface area contributed by atoms with Crippen molar-refractivity contribution >= 4 is 29.9 Å². The Balaban J connectivity index is 0.00000256. The van der Waals surface area contributed by atoms with E-state index in [2.05, 4.69) is 10.3 Å². The lowest BCUT2D eigenvalue weighted by molar-refractivity contribution is 0.0579. The molecule has 1 aliphatic rings. The van der Waals surface area contributed by atoms with Gasteiger partial charge in [0.1, 0.15) is 0 Å². The Morgan fingerprint density at radius 1 is 1.41 bits per heavy atom. The van der Waals surface area contributed by atoms with Crippen molar-refractivity contribution in [1.29, 1.82) is 0 Å². The molecule has 0 aromatic rings. The number of nitrogens with one attached hydrogen (secondary N) is 1. The number of hydrogen-bond donors (Lipinski definition) is 2. The Labute approximate surface area is 122 Å². The summed E-state index contributed by atoms with van der Waals surface area (Å²) in [6, 6.07) is 0.346. The average Bonchev–Trinajstić information content (AvgIpc) is 2.68.